The maximum atomic E-state index is 9.33. The molecule has 0 aromatic carbocycles. The van der Waals surface area contributed by atoms with Crippen LogP contribution in [-0.4, -0.2) is 11.6 Å². The quantitative estimate of drug-likeness (QED) is 0.498. The Balaban J connectivity index is -0.0000000720. The first-order valence-electron chi connectivity index (χ1n) is 2.12. The van der Waals surface area contributed by atoms with Gasteiger partial charge in [0.2, 0.25) is 0 Å². The van der Waals surface area contributed by atoms with E-state index < -0.39 is 0 Å². The Morgan fingerprint density at radius 1 is 1.00 bits per heavy atom. The molecule has 51 valence electrons. The van der Waals surface area contributed by atoms with Crippen LogP contribution >= 0.6 is 0 Å². The van der Waals surface area contributed by atoms with Gasteiger partial charge in [-0.25, -0.2) is 0 Å². The van der Waals surface area contributed by atoms with E-state index in [1.807, 2.05) is 0 Å². The van der Waals surface area contributed by atoms with Crippen molar-refractivity contribution >= 4 is 11.6 Å². The Morgan fingerprint density at radius 2 is 1.00 bits per heavy atom. The molecule has 0 saturated heterocycles. The maximum Gasteiger partial charge on any atom is 2.00 e. The van der Waals surface area contributed by atoms with E-state index in [4.69, 9.17) is 0 Å². The van der Waals surface area contributed by atoms with Crippen LogP contribution in [0.15, 0.2) is 0 Å². The Bertz CT molecular complexity index is 69.1. The monoisotopic (exact) mass is 165 g/mol. The number of rotatable bonds is 0. The molecule has 0 saturated carbocycles. The van der Waals surface area contributed by atoms with E-state index >= 15 is 0 Å². The summed E-state index contributed by atoms with van der Waals surface area (Å²) in [6, 6.07) is 0. The number of Topliss-reactive ketones (excluding diaryl/α,β-unsaturated/α-hetero) is 2. The first-order valence-corrected chi connectivity index (χ1v) is 2.12. The molecule has 0 N–H and O–H groups in total. The minimum atomic E-state index is -0.0833. The van der Waals surface area contributed by atoms with E-state index in [1.165, 1.54) is 13.8 Å². The van der Waals surface area contributed by atoms with Crippen LogP contribution in [0.3, 0.4) is 0 Å². The van der Waals surface area contributed by atoms with Gasteiger partial charge in [-0.15, -0.1) is 0 Å². The zero-order valence-corrected chi connectivity index (χ0v) is 7.07. The van der Waals surface area contributed by atoms with E-state index in [1.54, 1.807) is 0 Å². The third kappa shape index (κ3) is 2180. The molecule has 0 bridgehead atoms. The molecule has 0 atom stereocenters. The Labute approximate surface area is 67.9 Å². The molecular formula is C6H10O2V. The molecule has 0 aliphatic heterocycles. The summed E-state index contributed by atoms with van der Waals surface area (Å²) in [6.45, 7) is 8.83. The molecule has 0 fully saturated rings. The van der Waals surface area contributed by atoms with E-state index in [9.17, 15) is 9.59 Å². The zero-order valence-electron chi connectivity index (χ0n) is 5.68. The molecule has 3 heteroatoms. The smallest absolute Gasteiger partial charge is 0.340 e. The molecule has 9 heavy (non-hydrogen) atoms. The molecule has 0 spiro atoms. The van der Waals surface area contributed by atoms with Crippen molar-refractivity contribution in [3.8, 4) is 0 Å². The first-order chi connectivity index (χ1) is 3.46. The second-order valence-corrected chi connectivity index (χ2v) is 1.40. The minimum absolute atomic E-state index is 0. The number of hydrogen-bond donors (Lipinski definition) is 0. The zero-order chi connectivity index (χ0) is 7.15. The number of carbonyl (C=O) groups excluding carboxylic acids is 2. The molecule has 0 amide bonds. The normalized spacial score (nSPS) is 5.56. The molecule has 0 heterocycles. The fourth-order valence-electron chi connectivity index (χ4n) is 0. The predicted molar refractivity (Wildman–Crippen MR) is 32.1 cm³/mol. The summed E-state index contributed by atoms with van der Waals surface area (Å²) in [5.41, 5.74) is 0. The summed E-state index contributed by atoms with van der Waals surface area (Å²) in [7, 11) is 0. The van der Waals surface area contributed by atoms with Gasteiger partial charge >= 0.3 is 18.6 Å². The molecule has 0 aromatic rings. The Hall–Kier alpha value is -0.336. The molecule has 1 radical (unpaired) electrons. The average Bonchev–Trinajstić information content (AvgIpc) is 1.25. The Kier molecular flexibility index (Phi) is 18.7. The van der Waals surface area contributed by atoms with Gasteiger partial charge in [-0.2, -0.15) is 0 Å². The number of carbonyl (C=O) groups is 2. The van der Waals surface area contributed by atoms with E-state index in [0.717, 1.165) is 0 Å². The summed E-state index contributed by atoms with van der Waals surface area (Å²) >= 11 is 0. The second kappa shape index (κ2) is 10.6. The van der Waals surface area contributed by atoms with Crippen LogP contribution in [0.2, 0.25) is 0 Å². The van der Waals surface area contributed by atoms with Crippen molar-refractivity contribution in [2.45, 2.75) is 13.8 Å². The molecule has 2 nitrogen and oxygen atoms in total. The van der Waals surface area contributed by atoms with Gasteiger partial charge in [0.1, 0.15) is 0 Å². The van der Waals surface area contributed by atoms with Crippen LogP contribution in [-0.2, 0) is 28.1 Å². The predicted octanol–water partition coefficient (Wildman–Crippen LogP) is 0.816. The van der Waals surface area contributed by atoms with E-state index in [-0.39, 0.29) is 30.1 Å². The summed E-state index contributed by atoms with van der Waals surface area (Å²) in [6.07, 6.45) is 0. The third-order valence-electron chi connectivity index (χ3n) is 0. The van der Waals surface area contributed by atoms with Gasteiger partial charge in [-0.3, -0.25) is 0 Å². The van der Waals surface area contributed by atoms with Crippen molar-refractivity contribution in [2.24, 2.45) is 0 Å². The summed E-state index contributed by atoms with van der Waals surface area (Å²) in [5.74, 6) is -0.167. The fraction of sp³-hybridized carbons (Fsp3) is 0.333. The fourth-order valence-corrected chi connectivity index (χ4v) is 0. The van der Waals surface area contributed by atoms with Gasteiger partial charge in [0.05, 0.1) is 0 Å². The minimum Gasteiger partial charge on any atom is -0.340 e. The average molecular weight is 165 g/mol. The van der Waals surface area contributed by atoms with Crippen molar-refractivity contribution in [1.29, 1.82) is 0 Å². The van der Waals surface area contributed by atoms with Gasteiger partial charge in [0.25, 0.3) is 0 Å². The SMILES string of the molecule is [CH2-]C(C)=O.[CH2-]C(C)=O.[V+2]. The van der Waals surface area contributed by atoms with Crippen LogP contribution in [0.4, 0.5) is 0 Å². The van der Waals surface area contributed by atoms with Crippen molar-refractivity contribution < 1.29 is 28.1 Å². The van der Waals surface area contributed by atoms with Crippen molar-refractivity contribution in [1.82, 2.24) is 0 Å². The van der Waals surface area contributed by atoms with Gasteiger partial charge in [-0.05, 0) is 25.4 Å². The summed E-state index contributed by atoms with van der Waals surface area (Å²) < 4.78 is 0. The van der Waals surface area contributed by atoms with Crippen LogP contribution < -0.4 is 0 Å². The van der Waals surface area contributed by atoms with Crippen molar-refractivity contribution in [2.75, 3.05) is 0 Å². The summed E-state index contributed by atoms with van der Waals surface area (Å²) in [5, 5.41) is 0. The van der Waals surface area contributed by atoms with Crippen LogP contribution in [0.25, 0.3) is 0 Å². The van der Waals surface area contributed by atoms with Gasteiger partial charge in [-0.1, -0.05) is 0 Å². The van der Waals surface area contributed by atoms with Gasteiger partial charge in [0.15, 0.2) is 0 Å². The molecule has 0 aliphatic carbocycles. The number of ketones is 2. The van der Waals surface area contributed by atoms with Crippen LogP contribution in [0.5, 0.6) is 0 Å². The molecule has 0 aliphatic rings. The topological polar surface area (TPSA) is 34.1 Å². The largest absolute Gasteiger partial charge is 2.00 e. The molecular weight excluding hydrogens is 155 g/mol. The number of hydrogen-bond acceptors (Lipinski definition) is 2. The third-order valence-corrected chi connectivity index (χ3v) is 0. The van der Waals surface area contributed by atoms with E-state index in [2.05, 4.69) is 13.8 Å². The maximum absolute atomic E-state index is 9.33. The van der Waals surface area contributed by atoms with E-state index in [0.29, 0.717) is 0 Å². The van der Waals surface area contributed by atoms with Gasteiger partial charge in [0, 0.05) is 0 Å². The van der Waals surface area contributed by atoms with Crippen LogP contribution in [0.1, 0.15) is 13.8 Å². The molecule has 0 rings (SSSR count). The molecule has 0 aromatic heterocycles. The van der Waals surface area contributed by atoms with Gasteiger partial charge < -0.3 is 23.4 Å². The van der Waals surface area contributed by atoms with Crippen molar-refractivity contribution in [3.63, 3.8) is 0 Å². The molecule has 0 unspecified atom stereocenters. The van der Waals surface area contributed by atoms with Crippen LogP contribution in [0, 0.1) is 13.8 Å². The Morgan fingerprint density at radius 3 is 1.00 bits per heavy atom. The standard InChI is InChI=1S/2C3H5O.V/c2*1-3(2)4;/h2*1H2,2H3;/q2*-1;+2. The second-order valence-electron chi connectivity index (χ2n) is 1.40. The first kappa shape index (κ1) is 15.9. The van der Waals surface area contributed by atoms with Crippen molar-refractivity contribution in [3.05, 3.63) is 13.8 Å². The summed E-state index contributed by atoms with van der Waals surface area (Å²) in [4.78, 5) is 18.7.